The number of hydrogen-bond donors (Lipinski definition) is 3. The van der Waals surface area contributed by atoms with Gasteiger partial charge in [-0.15, -0.1) is 0 Å². The summed E-state index contributed by atoms with van der Waals surface area (Å²) in [6.07, 6.45) is 1.75. The minimum atomic E-state index is -0.0550. The molecular formula is C8H12ClN5O. The number of anilines is 2. The lowest BCUT2D eigenvalue weighted by Gasteiger charge is -2.06. The molecule has 0 radical (unpaired) electrons. The van der Waals surface area contributed by atoms with E-state index in [-0.39, 0.29) is 11.9 Å². The van der Waals surface area contributed by atoms with Gasteiger partial charge in [-0.3, -0.25) is 4.79 Å². The highest BCUT2D eigenvalue weighted by Crippen LogP contribution is 2.17. The first-order valence-corrected chi connectivity index (χ1v) is 4.73. The Morgan fingerprint density at radius 1 is 1.67 bits per heavy atom. The first kappa shape index (κ1) is 11.5. The highest BCUT2D eigenvalue weighted by atomic mass is 35.5. The summed E-state index contributed by atoms with van der Waals surface area (Å²) >= 11 is 5.80. The van der Waals surface area contributed by atoms with Crippen molar-refractivity contribution in [2.75, 3.05) is 24.6 Å². The fourth-order valence-electron chi connectivity index (χ4n) is 0.924. The van der Waals surface area contributed by atoms with Gasteiger partial charge in [0.15, 0.2) is 0 Å². The first-order valence-electron chi connectivity index (χ1n) is 4.36. The zero-order valence-corrected chi connectivity index (χ0v) is 9.01. The molecule has 0 bridgehead atoms. The number of rotatable bonds is 4. The average Bonchev–Trinajstić information content (AvgIpc) is 2.23. The fraction of sp³-hybridized carbons (Fsp3) is 0.375. The van der Waals surface area contributed by atoms with E-state index in [2.05, 4.69) is 20.6 Å². The van der Waals surface area contributed by atoms with Crippen molar-refractivity contribution in [2.45, 2.75) is 6.42 Å². The van der Waals surface area contributed by atoms with Gasteiger partial charge in [0.1, 0.15) is 10.8 Å². The highest BCUT2D eigenvalue weighted by Gasteiger charge is 2.03. The molecule has 1 amide bonds. The Kier molecular flexibility index (Phi) is 4.11. The van der Waals surface area contributed by atoms with Crippen LogP contribution in [0.4, 0.5) is 11.8 Å². The number of amides is 1. The van der Waals surface area contributed by atoms with Crippen molar-refractivity contribution in [3.63, 3.8) is 0 Å². The number of nitrogen functional groups attached to an aromatic ring is 1. The predicted octanol–water partition coefficient (Wildman–Crippen LogP) is 0.260. The number of nitrogens with one attached hydrogen (secondary N) is 2. The Bertz CT molecular complexity index is 357. The molecule has 0 unspecified atom stereocenters. The summed E-state index contributed by atoms with van der Waals surface area (Å²) in [5, 5.41) is 5.78. The number of hydrogen-bond acceptors (Lipinski definition) is 5. The molecule has 6 nitrogen and oxygen atoms in total. The van der Waals surface area contributed by atoms with Crippen LogP contribution in [-0.2, 0) is 4.79 Å². The van der Waals surface area contributed by atoms with Crippen LogP contribution in [0.2, 0.25) is 5.02 Å². The molecule has 1 heterocycles. The normalized spacial score (nSPS) is 9.73. The van der Waals surface area contributed by atoms with Gasteiger partial charge in [0.25, 0.3) is 0 Å². The third-order valence-electron chi connectivity index (χ3n) is 1.69. The second kappa shape index (κ2) is 5.35. The van der Waals surface area contributed by atoms with Gasteiger partial charge >= 0.3 is 0 Å². The molecule has 82 valence electrons. The Labute approximate surface area is 92.2 Å². The van der Waals surface area contributed by atoms with Crippen LogP contribution in [-0.4, -0.2) is 29.5 Å². The number of carbonyl (C=O) groups is 1. The molecule has 0 aliphatic rings. The number of nitrogens with zero attached hydrogens (tertiary/aromatic N) is 2. The van der Waals surface area contributed by atoms with E-state index < -0.39 is 0 Å². The molecule has 4 N–H and O–H groups in total. The number of nitrogens with two attached hydrogens (primary N) is 1. The van der Waals surface area contributed by atoms with E-state index in [1.54, 1.807) is 7.05 Å². The fourth-order valence-corrected chi connectivity index (χ4v) is 1.08. The maximum Gasteiger partial charge on any atom is 0.222 e. The molecule has 0 atom stereocenters. The molecule has 1 aromatic rings. The molecule has 1 aromatic heterocycles. The molecule has 15 heavy (non-hydrogen) atoms. The molecule has 0 spiro atoms. The third-order valence-corrected chi connectivity index (χ3v) is 1.96. The van der Waals surface area contributed by atoms with Gasteiger partial charge in [0.2, 0.25) is 11.9 Å². The molecule has 1 rings (SSSR count). The SMILES string of the molecule is CNC(=O)CCNc1nc(N)ncc1Cl. The highest BCUT2D eigenvalue weighted by molar-refractivity contribution is 6.32. The van der Waals surface area contributed by atoms with E-state index in [9.17, 15) is 4.79 Å². The van der Waals surface area contributed by atoms with Crippen LogP contribution in [0, 0.1) is 0 Å². The van der Waals surface area contributed by atoms with Crippen LogP contribution in [0.5, 0.6) is 0 Å². The topological polar surface area (TPSA) is 92.9 Å². The average molecular weight is 230 g/mol. The molecular weight excluding hydrogens is 218 g/mol. The third kappa shape index (κ3) is 3.59. The second-order valence-corrected chi connectivity index (χ2v) is 3.18. The summed E-state index contributed by atoms with van der Waals surface area (Å²) in [6, 6.07) is 0. The maximum atomic E-state index is 10.9. The lowest BCUT2D eigenvalue weighted by Crippen LogP contribution is -2.21. The number of carbonyl (C=O) groups excluding carboxylic acids is 1. The van der Waals surface area contributed by atoms with Crippen molar-refractivity contribution in [3.8, 4) is 0 Å². The Balaban J connectivity index is 2.50. The van der Waals surface area contributed by atoms with Crippen molar-refractivity contribution < 1.29 is 4.79 Å². The zero-order chi connectivity index (χ0) is 11.3. The van der Waals surface area contributed by atoms with Crippen LogP contribution in [0.25, 0.3) is 0 Å². The molecule has 0 aromatic carbocycles. The van der Waals surface area contributed by atoms with Gasteiger partial charge in [-0.1, -0.05) is 11.6 Å². The van der Waals surface area contributed by atoms with Crippen molar-refractivity contribution in [3.05, 3.63) is 11.2 Å². The minimum Gasteiger partial charge on any atom is -0.368 e. The van der Waals surface area contributed by atoms with Crippen LogP contribution in [0.15, 0.2) is 6.20 Å². The Hall–Kier alpha value is -1.56. The Morgan fingerprint density at radius 3 is 3.07 bits per heavy atom. The monoisotopic (exact) mass is 229 g/mol. The summed E-state index contributed by atoms with van der Waals surface area (Å²) in [7, 11) is 1.58. The first-order chi connectivity index (χ1) is 7.13. The zero-order valence-electron chi connectivity index (χ0n) is 8.25. The van der Waals surface area contributed by atoms with Crippen LogP contribution in [0.1, 0.15) is 6.42 Å². The van der Waals surface area contributed by atoms with Crippen LogP contribution >= 0.6 is 11.6 Å². The van der Waals surface area contributed by atoms with Crippen molar-refractivity contribution >= 4 is 29.3 Å². The molecule has 0 saturated carbocycles. The lowest BCUT2D eigenvalue weighted by molar-refractivity contribution is -0.120. The van der Waals surface area contributed by atoms with Crippen LogP contribution < -0.4 is 16.4 Å². The summed E-state index contributed by atoms with van der Waals surface area (Å²) in [5.41, 5.74) is 5.39. The van der Waals surface area contributed by atoms with E-state index in [0.717, 1.165) is 0 Å². The van der Waals surface area contributed by atoms with E-state index in [4.69, 9.17) is 17.3 Å². The maximum absolute atomic E-state index is 10.9. The molecule has 0 aliphatic heterocycles. The van der Waals surface area contributed by atoms with Crippen molar-refractivity contribution in [1.29, 1.82) is 0 Å². The standard InChI is InChI=1S/C8H12ClN5O/c1-11-6(15)2-3-12-7-5(9)4-13-8(10)14-7/h4H,2-3H2,1H3,(H,11,15)(H3,10,12,13,14). The lowest BCUT2D eigenvalue weighted by atomic mass is 10.4. The smallest absolute Gasteiger partial charge is 0.222 e. The molecule has 0 aliphatic carbocycles. The van der Waals surface area contributed by atoms with Crippen molar-refractivity contribution in [2.24, 2.45) is 0 Å². The van der Waals surface area contributed by atoms with Gasteiger partial charge in [-0.05, 0) is 0 Å². The van der Waals surface area contributed by atoms with Gasteiger partial charge < -0.3 is 16.4 Å². The predicted molar refractivity (Wildman–Crippen MR) is 58.6 cm³/mol. The molecule has 7 heteroatoms. The van der Waals surface area contributed by atoms with Gasteiger partial charge in [-0.2, -0.15) is 4.98 Å². The van der Waals surface area contributed by atoms with E-state index in [0.29, 0.717) is 23.8 Å². The Morgan fingerprint density at radius 2 is 2.40 bits per heavy atom. The summed E-state index contributed by atoms with van der Waals surface area (Å²) in [5.74, 6) is 0.524. The second-order valence-electron chi connectivity index (χ2n) is 2.77. The van der Waals surface area contributed by atoms with E-state index >= 15 is 0 Å². The van der Waals surface area contributed by atoms with Gasteiger partial charge in [-0.25, -0.2) is 4.98 Å². The summed E-state index contributed by atoms with van der Waals surface area (Å²) in [6.45, 7) is 0.440. The number of aromatic nitrogens is 2. The largest absolute Gasteiger partial charge is 0.368 e. The van der Waals surface area contributed by atoms with E-state index in [1.807, 2.05) is 0 Å². The van der Waals surface area contributed by atoms with Crippen LogP contribution in [0.3, 0.4) is 0 Å². The summed E-state index contributed by atoms with van der Waals surface area (Å²) < 4.78 is 0. The van der Waals surface area contributed by atoms with Crippen molar-refractivity contribution in [1.82, 2.24) is 15.3 Å². The van der Waals surface area contributed by atoms with E-state index in [1.165, 1.54) is 6.20 Å². The van der Waals surface area contributed by atoms with Gasteiger partial charge in [0, 0.05) is 20.0 Å². The molecule has 0 fully saturated rings. The quantitative estimate of drug-likeness (QED) is 0.689. The summed E-state index contributed by atoms with van der Waals surface area (Å²) in [4.78, 5) is 18.5. The molecule has 0 saturated heterocycles. The minimum absolute atomic E-state index is 0.0550. The number of halogens is 1. The van der Waals surface area contributed by atoms with Gasteiger partial charge in [0.05, 0.1) is 6.20 Å².